The molecule has 1 aromatic carbocycles. The second-order valence-corrected chi connectivity index (χ2v) is 10.6. The number of nitrogens with zero attached hydrogens (tertiary/aromatic N) is 1. The van der Waals surface area contributed by atoms with Gasteiger partial charge in [0, 0.05) is 18.5 Å². The molecular weight excluding hydrogens is 358 g/mol. The molecule has 154 valence electrons. The summed E-state index contributed by atoms with van der Waals surface area (Å²) in [5, 5.41) is 12.9. The minimum atomic E-state index is -0.243. The molecule has 6 rings (SSSR count). The van der Waals surface area contributed by atoms with Crippen molar-refractivity contribution in [1.29, 1.82) is 5.26 Å². The number of nitriles is 1. The molecule has 0 spiro atoms. The summed E-state index contributed by atoms with van der Waals surface area (Å²) in [6.07, 6.45) is 9.92. The highest BCUT2D eigenvalue weighted by molar-refractivity contribution is 5.84. The first-order valence-electron chi connectivity index (χ1n) is 11.5. The van der Waals surface area contributed by atoms with E-state index in [1.54, 1.807) is 0 Å². The predicted octanol–water partition coefficient (Wildman–Crippen LogP) is 4.05. The second kappa shape index (κ2) is 7.13. The molecule has 5 fully saturated rings. The van der Waals surface area contributed by atoms with Crippen molar-refractivity contribution in [3.05, 3.63) is 35.9 Å². The van der Waals surface area contributed by atoms with Crippen molar-refractivity contribution in [2.24, 2.45) is 28.9 Å². The lowest BCUT2D eigenvalue weighted by molar-refractivity contribution is -0.158. The van der Waals surface area contributed by atoms with Crippen LogP contribution < -0.4 is 11.1 Å². The van der Waals surface area contributed by atoms with Crippen molar-refractivity contribution in [3.63, 3.8) is 0 Å². The first kappa shape index (κ1) is 19.1. The smallest absolute Gasteiger partial charge is 0.226 e. The van der Waals surface area contributed by atoms with Gasteiger partial charge in [-0.05, 0) is 86.5 Å². The Morgan fingerprint density at radius 3 is 2.34 bits per heavy atom. The van der Waals surface area contributed by atoms with E-state index in [0.717, 1.165) is 57.8 Å². The number of rotatable bonds is 4. The zero-order valence-electron chi connectivity index (χ0n) is 17.3. The molecule has 0 aliphatic heterocycles. The van der Waals surface area contributed by atoms with E-state index in [2.05, 4.69) is 41.7 Å². The van der Waals surface area contributed by atoms with E-state index in [4.69, 9.17) is 5.73 Å². The first-order chi connectivity index (χ1) is 14.0. The Morgan fingerprint density at radius 2 is 1.72 bits per heavy atom. The fourth-order valence-electron chi connectivity index (χ4n) is 7.68. The van der Waals surface area contributed by atoms with Crippen molar-refractivity contribution in [2.45, 2.75) is 81.7 Å². The maximum atomic E-state index is 13.7. The Labute approximate surface area is 174 Å². The Balaban J connectivity index is 1.43. The van der Waals surface area contributed by atoms with Gasteiger partial charge in [0.25, 0.3) is 0 Å². The summed E-state index contributed by atoms with van der Waals surface area (Å²) in [4.78, 5) is 13.7. The average molecular weight is 392 g/mol. The number of benzene rings is 1. The molecule has 2 unspecified atom stereocenters. The summed E-state index contributed by atoms with van der Waals surface area (Å²) < 4.78 is 0. The van der Waals surface area contributed by atoms with Gasteiger partial charge in [0.05, 0.1) is 11.5 Å². The predicted molar refractivity (Wildman–Crippen MR) is 113 cm³/mol. The maximum Gasteiger partial charge on any atom is 0.226 e. The van der Waals surface area contributed by atoms with Crippen LogP contribution in [0.3, 0.4) is 0 Å². The molecule has 0 aromatic heterocycles. The van der Waals surface area contributed by atoms with Gasteiger partial charge in [-0.1, -0.05) is 30.3 Å². The van der Waals surface area contributed by atoms with Crippen molar-refractivity contribution >= 4 is 5.91 Å². The standard InChI is InChI=1S/C25H33N3O/c26-11-10-22-17-12-24(19-4-2-1-3-5-19)13-18(22)15-25(14-17,16-24)23(29)28-21-8-6-20(27)7-9-21/h1-5,17-18,20-22H,6-10,12-16,27H2,(H,28,29)/t17?,18?,20-,21-,22?,24?,25?. The van der Waals surface area contributed by atoms with E-state index in [1.807, 2.05) is 0 Å². The van der Waals surface area contributed by atoms with Gasteiger partial charge in [0.1, 0.15) is 0 Å². The molecular formula is C25H33N3O. The lowest BCUT2D eigenvalue weighted by Crippen LogP contribution is -2.62. The molecule has 1 aromatic rings. The van der Waals surface area contributed by atoms with E-state index in [0.29, 0.717) is 36.1 Å². The molecule has 4 bridgehead atoms. The van der Waals surface area contributed by atoms with E-state index in [-0.39, 0.29) is 16.9 Å². The number of nitrogens with two attached hydrogens (primary N) is 1. The Bertz CT molecular complexity index is 789. The molecule has 4 nitrogen and oxygen atoms in total. The second-order valence-electron chi connectivity index (χ2n) is 10.6. The average Bonchev–Trinajstić information content (AvgIpc) is 2.72. The molecule has 5 aliphatic rings. The van der Waals surface area contributed by atoms with Gasteiger partial charge in [-0.3, -0.25) is 4.79 Å². The quantitative estimate of drug-likeness (QED) is 0.813. The number of hydrogen-bond donors (Lipinski definition) is 2. The Morgan fingerprint density at radius 1 is 1.07 bits per heavy atom. The summed E-state index contributed by atoms with van der Waals surface area (Å²) >= 11 is 0. The van der Waals surface area contributed by atoms with Gasteiger partial charge in [0.2, 0.25) is 5.91 Å². The van der Waals surface area contributed by atoms with Crippen LogP contribution in [0.4, 0.5) is 0 Å². The highest BCUT2D eigenvalue weighted by Crippen LogP contribution is 2.68. The Hall–Kier alpha value is -1.86. The Kier molecular flexibility index (Phi) is 4.70. The van der Waals surface area contributed by atoms with Crippen LogP contribution in [0.5, 0.6) is 0 Å². The molecule has 5 saturated carbocycles. The van der Waals surface area contributed by atoms with Gasteiger partial charge in [0.15, 0.2) is 0 Å². The normalized spacial score (nSPS) is 43.0. The molecule has 4 heteroatoms. The third-order valence-corrected chi connectivity index (χ3v) is 8.80. The molecule has 2 atom stereocenters. The molecule has 0 radical (unpaired) electrons. The maximum absolute atomic E-state index is 13.7. The summed E-state index contributed by atoms with van der Waals surface area (Å²) in [5.74, 6) is 1.78. The lowest BCUT2D eigenvalue weighted by Gasteiger charge is -2.64. The van der Waals surface area contributed by atoms with E-state index < -0.39 is 0 Å². The summed E-state index contributed by atoms with van der Waals surface area (Å²) in [6.45, 7) is 0. The summed E-state index contributed by atoms with van der Waals surface area (Å²) in [5.41, 5.74) is 7.34. The van der Waals surface area contributed by atoms with E-state index in [1.165, 1.54) is 5.56 Å². The summed E-state index contributed by atoms with van der Waals surface area (Å²) in [6, 6.07) is 13.9. The molecule has 0 saturated heterocycles. The number of amides is 1. The van der Waals surface area contributed by atoms with Crippen LogP contribution in [0.15, 0.2) is 30.3 Å². The van der Waals surface area contributed by atoms with Crippen LogP contribution in [0.2, 0.25) is 0 Å². The van der Waals surface area contributed by atoms with Gasteiger partial charge >= 0.3 is 0 Å². The van der Waals surface area contributed by atoms with E-state index in [9.17, 15) is 10.1 Å². The zero-order valence-corrected chi connectivity index (χ0v) is 17.3. The number of hydrogen-bond acceptors (Lipinski definition) is 3. The van der Waals surface area contributed by atoms with Crippen molar-refractivity contribution in [2.75, 3.05) is 0 Å². The fourth-order valence-corrected chi connectivity index (χ4v) is 7.68. The van der Waals surface area contributed by atoms with Gasteiger partial charge in [-0.25, -0.2) is 0 Å². The van der Waals surface area contributed by atoms with E-state index >= 15 is 0 Å². The first-order valence-corrected chi connectivity index (χ1v) is 11.5. The molecule has 29 heavy (non-hydrogen) atoms. The molecule has 3 N–H and O–H groups in total. The number of nitrogens with one attached hydrogen (secondary N) is 1. The van der Waals surface area contributed by atoms with Crippen LogP contribution in [0, 0.1) is 34.5 Å². The van der Waals surface area contributed by atoms with Gasteiger partial charge in [-0.2, -0.15) is 5.26 Å². The highest BCUT2D eigenvalue weighted by Gasteiger charge is 2.63. The van der Waals surface area contributed by atoms with Gasteiger partial charge in [-0.15, -0.1) is 0 Å². The SMILES string of the molecule is N#CCC1C2CC3(C(=O)N[C@H]4CC[C@H](N)CC4)CC1CC(c1ccccc1)(C2)C3. The minimum Gasteiger partial charge on any atom is -0.353 e. The fraction of sp³-hybridized carbons (Fsp3) is 0.680. The van der Waals surface area contributed by atoms with Crippen LogP contribution in [-0.4, -0.2) is 18.0 Å². The number of carbonyl (C=O) groups is 1. The van der Waals surface area contributed by atoms with Crippen molar-refractivity contribution < 1.29 is 4.79 Å². The highest BCUT2D eigenvalue weighted by atomic mass is 16.2. The summed E-state index contributed by atoms with van der Waals surface area (Å²) in [7, 11) is 0. The van der Waals surface area contributed by atoms with Crippen LogP contribution in [-0.2, 0) is 10.2 Å². The lowest BCUT2D eigenvalue weighted by atomic mass is 9.39. The monoisotopic (exact) mass is 391 g/mol. The molecule has 0 heterocycles. The van der Waals surface area contributed by atoms with Gasteiger partial charge < -0.3 is 11.1 Å². The van der Waals surface area contributed by atoms with Crippen LogP contribution in [0.1, 0.15) is 69.8 Å². The zero-order chi connectivity index (χ0) is 20.1. The third kappa shape index (κ3) is 3.19. The largest absolute Gasteiger partial charge is 0.353 e. The van der Waals surface area contributed by atoms with Crippen LogP contribution >= 0.6 is 0 Å². The molecule has 5 aliphatic carbocycles. The van der Waals surface area contributed by atoms with Crippen molar-refractivity contribution in [3.8, 4) is 6.07 Å². The minimum absolute atomic E-state index is 0.116. The third-order valence-electron chi connectivity index (χ3n) is 8.80. The topological polar surface area (TPSA) is 78.9 Å². The molecule has 1 amide bonds. The van der Waals surface area contributed by atoms with Crippen molar-refractivity contribution in [1.82, 2.24) is 5.32 Å². The number of carbonyl (C=O) groups excluding carboxylic acids is 1. The van der Waals surface area contributed by atoms with Crippen LogP contribution in [0.25, 0.3) is 0 Å².